The summed E-state index contributed by atoms with van der Waals surface area (Å²) >= 11 is 0. The van der Waals surface area contributed by atoms with Gasteiger partial charge in [0.15, 0.2) is 0 Å². The fraction of sp³-hybridized carbons (Fsp3) is 0.250. The van der Waals surface area contributed by atoms with E-state index in [0.717, 1.165) is 12.1 Å². The minimum Gasteiger partial charge on any atom is -0.428 e. The molecule has 0 saturated carbocycles. The Bertz CT molecular complexity index is 356. The molecule has 1 aromatic rings. The SMILES string of the molecule is Nc1ccc(OC(F)(F)C(F)F)cc1N. The zero-order chi connectivity index (χ0) is 11.6. The van der Waals surface area contributed by atoms with Gasteiger partial charge in [0.1, 0.15) is 5.75 Å². The third-order valence-electron chi connectivity index (χ3n) is 1.57. The van der Waals surface area contributed by atoms with E-state index in [2.05, 4.69) is 4.74 Å². The van der Waals surface area contributed by atoms with E-state index in [-0.39, 0.29) is 11.4 Å². The normalized spacial score (nSPS) is 11.8. The van der Waals surface area contributed by atoms with Crippen molar-refractivity contribution in [2.75, 3.05) is 11.5 Å². The van der Waals surface area contributed by atoms with E-state index in [9.17, 15) is 17.6 Å². The van der Waals surface area contributed by atoms with Crippen molar-refractivity contribution in [2.45, 2.75) is 12.5 Å². The first-order valence-electron chi connectivity index (χ1n) is 3.83. The molecule has 15 heavy (non-hydrogen) atoms. The summed E-state index contributed by atoms with van der Waals surface area (Å²) in [6.45, 7) is 0. The van der Waals surface area contributed by atoms with Crippen LogP contribution in [0.15, 0.2) is 18.2 Å². The molecule has 1 rings (SSSR count). The molecule has 84 valence electrons. The van der Waals surface area contributed by atoms with Crippen LogP contribution in [0.1, 0.15) is 0 Å². The third kappa shape index (κ3) is 2.64. The summed E-state index contributed by atoms with van der Waals surface area (Å²) < 4.78 is 52.1. The number of hydrogen-bond donors (Lipinski definition) is 2. The minimum absolute atomic E-state index is 0.0161. The van der Waals surface area contributed by atoms with Crippen molar-refractivity contribution in [1.29, 1.82) is 0 Å². The summed E-state index contributed by atoms with van der Waals surface area (Å²) in [5.74, 6) is -0.466. The smallest absolute Gasteiger partial charge is 0.428 e. The summed E-state index contributed by atoms with van der Waals surface area (Å²) in [6.07, 6.45) is -8.45. The lowest BCUT2D eigenvalue weighted by Crippen LogP contribution is -2.33. The van der Waals surface area contributed by atoms with Crippen molar-refractivity contribution in [3.05, 3.63) is 18.2 Å². The second-order valence-electron chi connectivity index (χ2n) is 2.76. The monoisotopic (exact) mass is 224 g/mol. The highest BCUT2D eigenvalue weighted by molar-refractivity contribution is 5.65. The largest absolute Gasteiger partial charge is 0.461 e. The first kappa shape index (κ1) is 11.4. The van der Waals surface area contributed by atoms with Gasteiger partial charge in [0.25, 0.3) is 0 Å². The summed E-state index contributed by atoms with van der Waals surface area (Å²) in [7, 11) is 0. The van der Waals surface area contributed by atoms with Crippen LogP contribution < -0.4 is 16.2 Å². The lowest BCUT2D eigenvalue weighted by molar-refractivity contribution is -0.253. The van der Waals surface area contributed by atoms with Gasteiger partial charge >= 0.3 is 12.5 Å². The minimum atomic E-state index is -4.54. The average Bonchev–Trinajstić information content (AvgIpc) is 2.10. The molecule has 0 fully saturated rings. The first-order chi connectivity index (χ1) is 6.83. The molecule has 0 amide bonds. The van der Waals surface area contributed by atoms with Gasteiger partial charge in [0, 0.05) is 6.07 Å². The fourth-order valence-corrected chi connectivity index (χ4v) is 0.818. The second-order valence-corrected chi connectivity index (χ2v) is 2.76. The highest BCUT2D eigenvalue weighted by atomic mass is 19.3. The van der Waals surface area contributed by atoms with Crippen molar-refractivity contribution in [2.24, 2.45) is 0 Å². The van der Waals surface area contributed by atoms with Crippen LogP contribution in [0.3, 0.4) is 0 Å². The quantitative estimate of drug-likeness (QED) is 0.610. The van der Waals surface area contributed by atoms with Gasteiger partial charge in [-0.1, -0.05) is 0 Å². The molecular weight excluding hydrogens is 216 g/mol. The molecule has 0 heterocycles. The summed E-state index contributed by atoms with van der Waals surface area (Å²) in [5.41, 5.74) is 10.7. The fourth-order valence-electron chi connectivity index (χ4n) is 0.818. The van der Waals surface area contributed by atoms with Crippen LogP contribution in [0.4, 0.5) is 28.9 Å². The maximum absolute atomic E-state index is 12.4. The number of nitrogen functional groups attached to an aromatic ring is 2. The predicted octanol–water partition coefficient (Wildman–Crippen LogP) is 2.09. The van der Waals surface area contributed by atoms with E-state index >= 15 is 0 Å². The van der Waals surface area contributed by atoms with Crippen LogP contribution in [-0.4, -0.2) is 12.5 Å². The van der Waals surface area contributed by atoms with Gasteiger partial charge in [-0.25, -0.2) is 0 Å². The van der Waals surface area contributed by atoms with E-state index in [1.165, 1.54) is 6.07 Å². The number of nitrogens with two attached hydrogens (primary N) is 2. The Morgan fingerprint density at radius 2 is 1.73 bits per heavy atom. The molecule has 0 aliphatic rings. The van der Waals surface area contributed by atoms with Gasteiger partial charge in [-0.15, -0.1) is 0 Å². The number of benzene rings is 1. The third-order valence-corrected chi connectivity index (χ3v) is 1.57. The first-order valence-corrected chi connectivity index (χ1v) is 3.83. The van der Waals surface area contributed by atoms with Gasteiger partial charge in [-0.05, 0) is 12.1 Å². The molecule has 0 aliphatic carbocycles. The van der Waals surface area contributed by atoms with Gasteiger partial charge in [-0.3, -0.25) is 0 Å². The molecule has 3 nitrogen and oxygen atoms in total. The number of hydrogen-bond acceptors (Lipinski definition) is 3. The number of halogens is 4. The maximum atomic E-state index is 12.4. The van der Waals surface area contributed by atoms with Crippen LogP contribution in [0.2, 0.25) is 0 Å². The maximum Gasteiger partial charge on any atom is 0.461 e. The van der Waals surface area contributed by atoms with Crippen molar-refractivity contribution in [3.63, 3.8) is 0 Å². The van der Waals surface area contributed by atoms with Gasteiger partial charge in [-0.2, -0.15) is 17.6 Å². The lowest BCUT2D eigenvalue weighted by atomic mass is 10.2. The topological polar surface area (TPSA) is 61.3 Å². The summed E-state index contributed by atoms with van der Waals surface area (Å²) in [6, 6.07) is 3.17. The summed E-state index contributed by atoms with van der Waals surface area (Å²) in [5, 5.41) is 0. The molecule has 0 radical (unpaired) electrons. The van der Waals surface area contributed by atoms with Crippen LogP contribution in [-0.2, 0) is 0 Å². The van der Waals surface area contributed by atoms with Crippen LogP contribution in [0.25, 0.3) is 0 Å². The number of rotatable bonds is 3. The molecular formula is C8H8F4N2O. The Morgan fingerprint density at radius 3 is 2.20 bits per heavy atom. The molecule has 0 aromatic heterocycles. The molecule has 0 saturated heterocycles. The van der Waals surface area contributed by atoms with Crippen LogP contribution in [0, 0.1) is 0 Å². The standard InChI is InChI=1S/C8H8F4N2O/c9-7(10)8(11,12)15-4-1-2-5(13)6(14)3-4/h1-3,7H,13-14H2. The Hall–Kier alpha value is -1.66. The van der Waals surface area contributed by atoms with E-state index in [1.54, 1.807) is 0 Å². The molecule has 0 atom stereocenters. The zero-order valence-electron chi connectivity index (χ0n) is 7.38. The van der Waals surface area contributed by atoms with Crippen molar-refractivity contribution in [3.8, 4) is 5.75 Å². The molecule has 7 heteroatoms. The van der Waals surface area contributed by atoms with Gasteiger partial charge in [0.2, 0.25) is 0 Å². The van der Waals surface area contributed by atoms with Gasteiger partial charge < -0.3 is 16.2 Å². The highest BCUT2D eigenvalue weighted by Crippen LogP contribution is 2.29. The van der Waals surface area contributed by atoms with E-state index in [0.29, 0.717) is 0 Å². The average molecular weight is 224 g/mol. The molecule has 4 N–H and O–H groups in total. The second kappa shape index (κ2) is 3.84. The Kier molecular flexibility index (Phi) is 2.92. The van der Waals surface area contributed by atoms with Crippen molar-refractivity contribution in [1.82, 2.24) is 0 Å². The number of alkyl halides is 4. The van der Waals surface area contributed by atoms with Crippen LogP contribution >= 0.6 is 0 Å². The predicted molar refractivity (Wildman–Crippen MR) is 46.8 cm³/mol. The number of ether oxygens (including phenoxy) is 1. The highest BCUT2D eigenvalue weighted by Gasteiger charge is 2.43. The van der Waals surface area contributed by atoms with Crippen LogP contribution in [0.5, 0.6) is 5.75 Å². The summed E-state index contributed by atoms with van der Waals surface area (Å²) in [4.78, 5) is 0. The molecule has 0 aliphatic heterocycles. The Labute approximate surface area is 82.6 Å². The molecule has 0 bridgehead atoms. The zero-order valence-corrected chi connectivity index (χ0v) is 7.38. The van der Waals surface area contributed by atoms with E-state index < -0.39 is 18.3 Å². The van der Waals surface area contributed by atoms with Gasteiger partial charge in [0.05, 0.1) is 11.4 Å². The van der Waals surface area contributed by atoms with E-state index in [1.807, 2.05) is 0 Å². The van der Waals surface area contributed by atoms with Crippen molar-refractivity contribution >= 4 is 11.4 Å². The molecule has 0 unspecified atom stereocenters. The Balaban J connectivity index is 2.86. The molecule has 0 spiro atoms. The lowest BCUT2D eigenvalue weighted by Gasteiger charge is -2.17. The number of anilines is 2. The van der Waals surface area contributed by atoms with E-state index in [4.69, 9.17) is 11.5 Å². The van der Waals surface area contributed by atoms with Crippen molar-refractivity contribution < 1.29 is 22.3 Å². The Morgan fingerprint density at radius 1 is 1.13 bits per heavy atom. The molecule has 1 aromatic carbocycles.